The van der Waals surface area contributed by atoms with Gasteiger partial charge in [-0.05, 0) is 0 Å². The van der Waals surface area contributed by atoms with E-state index in [1.165, 1.54) is 0 Å². The molecule has 0 bridgehead atoms. The molecule has 3 fully saturated rings. The van der Waals surface area contributed by atoms with Crippen LogP contribution in [0.3, 0.4) is 0 Å². The Balaban J connectivity index is 0.00000507. The van der Waals surface area contributed by atoms with Crippen molar-refractivity contribution in [2.24, 2.45) is 11.5 Å². The fraction of sp³-hybridized carbons (Fsp3) is 0.950. The first-order valence-electron chi connectivity index (χ1n) is 11.7. The first kappa shape index (κ1) is 33.0. The highest BCUT2D eigenvalue weighted by molar-refractivity contribution is 5.73. The van der Waals surface area contributed by atoms with Gasteiger partial charge < -0.3 is 86.8 Å². The third kappa shape index (κ3) is 6.75. The van der Waals surface area contributed by atoms with Crippen molar-refractivity contribution >= 4 is 5.91 Å². The summed E-state index contributed by atoms with van der Waals surface area (Å²) in [4.78, 5) is 11.9. The van der Waals surface area contributed by atoms with Gasteiger partial charge in [-0.3, -0.25) is 4.79 Å². The Bertz CT molecular complexity index is 750. The standard InChI is InChI=1S/C20H37N3O14.H2O/c1-5(27)23-11-15(31)17(36-19-10(22)13(29)12(28)6(2-24)34-19)8(4-26)35-20(11)37-16-7(3-25)33-18(32)9(21)14(16)30;/h6-20,24-26,28-32H,2-4,21-22H2,1H3,(H,23,27);1H2. The van der Waals surface area contributed by atoms with Gasteiger partial charge >= 0.3 is 0 Å². The van der Waals surface area contributed by atoms with Crippen LogP contribution in [0.2, 0.25) is 0 Å². The zero-order valence-electron chi connectivity index (χ0n) is 20.5. The van der Waals surface area contributed by atoms with E-state index in [2.05, 4.69) is 5.32 Å². The first-order chi connectivity index (χ1) is 17.4. The van der Waals surface area contributed by atoms with Crippen molar-refractivity contribution in [2.45, 2.75) is 98.9 Å². The molecule has 18 heteroatoms. The fourth-order valence-electron chi connectivity index (χ4n) is 4.55. The molecule has 3 rings (SSSR count). The summed E-state index contributed by atoms with van der Waals surface area (Å²) in [6.07, 6.45) is -17.6. The molecule has 0 radical (unpaired) electrons. The maximum absolute atomic E-state index is 11.9. The molecule has 0 spiro atoms. The van der Waals surface area contributed by atoms with Gasteiger partial charge in [-0.1, -0.05) is 0 Å². The minimum atomic E-state index is -1.67. The number of hydrogen-bond acceptors (Lipinski definition) is 16. The van der Waals surface area contributed by atoms with Crippen molar-refractivity contribution in [1.29, 1.82) is 0 Å². The molecule has 18 nitrogen and oxygen atoms in total. The number of hydrogen-bond donors (Lipinski definition) is 11. The van der Waals surface area contributed by atoms with Crippen molar-refractivity contribution in [3.05, 3.63) is 0 Å². The summed E-state index contributed by atoms with van der Waals surface area (Å²) in [5.74, 6) is -0.627. The smallest absolute Gasteiger partial charge is 0.217 e. The molecule has 0 aromatic carbocycles. The molecule has 15 unspecified atom stereocenters. The third-order valence-corrected chi connectivity index (χ3v) is 6.65. The van der Waals surface area contributed by atoms with Gasteiger partial charge in [0, 0.05) is 6.92 Å². The lowest BCUT2D eigenvalue weighted by molar-refractivity contribution is -0.350. The number of rotatable bonds is 8. The number of nitrogens with two attached hydrogens (primary N) is 2. The van der Waals surface area contributed by atoms with E-state index in [0.29, 0.717) is 0 Å². The van der Waals surface area contributed by atoms with Gasteiger partial charge in [-0.15, -0.1) is 0 Å². The van der Waals surface area contributed by atoms with Crippen molar-refractivity contribution in [2.75, 3.05) is 19.8 Å². The second kappa shape index (κ2) is 13.9. The number of carbonyl (C=O) groups is 1. The number of carbonyl (C=O) groups excluding carboxylic acids is 1. The quantitative estimate of drug-likeness (QED) is 0.131. The van der Waals surface area contributed by atoms with Crippen LogP contribution in [0.15, 0.2) is 0 Å². The number of ether oxygens (including phenoxy) is 5. The predicted octanol–water partition coefficient (Wildman–Crippen LogP) is -8.32. The molecule has 3 heterocycles. The van der Waals surface area contributed by atoms with Crippen LogP contribution in [0, 0.1) is 0 Å². The Morgan fingerprint density at radius 2 is 1.24 bits per heavy atom. The first-order valence-corrected chi connectivity index (χ1v) is 11.7. The molecular formula is C20H39N3O15. The third-order valence-electron chi connectivity index (χ3n) is 6.65. The zero-order valence-corrected chi connectivity index (χ0v) is 20.5. The molecule has 224 valence electrons. The molecule has 0 aromatic rings. The average Bonchev–Trinajstić information content (AvgIpc) is 2.87. The molecule has 3 saturated heterocycles. The van der Waals surface area contributed by atoms with Gasteiger partial charge in [0.05, 0.1) is 31.9 Å². The summed E-state index contributed by atoms with van der Waals surface area (Å²) < 4.78 is 27.8. The summed E-state index contributed by atoms with van der Waals surface area (Å²) in [7, 11) is 0. The fourth-order valence-corrected chi connectivity index (χ4v) is 4.55. The van der Waals surface area contributed by atoms with Crippen molar-refractivity contribution in [3.8, 4) is 0 Å². The van der Waals surface area contributed by atoms with Gasteiger partial charge in [0.2, 0.25) is 5.91 Å². The largest absolute Gasteiger partial charge is 0.412 e. The Hall–Kier alpha value is -1.17. The summed E-state index contributed by atoms with van der Waals surface area (Å²) in [5.41, 5.74) is 11.6. The molecule has 15 atom stereocenters. The van der Waals surface area contributed by atoms with E-state index >= 15 is 0 Å². The van der Waals surface area contributed by atoms with Crippen molar-refractivity contribution < 1.29 is 74.8 Å². The van der Waals surface area contributed by atoms with E-state index in [1.54, 1.807) is 0 Å². The molecule has 3 aliphatic heterocycles. The SMILES string of the molecule is CC(=O)NC1C(OC2C(CO)OC(O)C(N)C2O)OC(CO)C(OC2OC(CO)C(O)C(O)C2N)C1O.O. The lowest BCUT2D eigenvalue weighted by atomic mass is 9.94. The Morgan fingerprint density at radius 1 is 0.737 bits per heavy atom. The second-order valence-electron chi connectivity index (χ2n) is 9.24. The second-order valence-corrected chi connectivity index (χ2v) is 9.24. The maximum Gasteiger partial charge on any atom is 0.217 e. The van der Waals surface area contributed by atoms with Crippen LogP contribution < -0.4 is 16.8 Å². The van der Waals surface area contributed by atoms with Crippen LogP contribution in [-0.2, 0) is 28.5 Å². The number of nitrogens with one attached hydrogen (secondary N) is 1. The van der Waals surface area contributed by atoms with Crippen LogP contribution in [0.4, 0.5) is 0 Å². The van der Waals surface area contributed by atoms with Gasteiger partial charge in [0.1, 0.15) is 61.0 Å². The molecule has 0 aromatic heterocycles. The average molecular weight is 562 g/mol. The molecule has 3 aliphatic rings. The van der Waals surface area contributed by atoms with E-state index in [9.17, 15) is 45.6 Å². The van der Waals surface area contributed by atoms with Gasteiger partial charge in [0.15, 0.2) is 18.9 Å². The van der Waals surface area contributed by atoms with E-state index in [4.69, 9.17) is 35.2 Å². The summed E-state index contributed by atoms with van der Waals surface area (Å²) in [6.45, 7) is -0.992. The molecular weight excluding hydrogens is 522 g/mol. The van der Waals surface area contributed by atoms with E-state index in [-0.39, 0.29) is 5.48 Å². The minimum absolute atomic E-state index is 0. The lowest BCUT2D eigenvalue weighted by Crippen LogP contribution is -2.70. The maximum atomic E-state index is 11.9. The molecule has 0 aliphatic carbocycles. The monoisotopic (exact) mass is 561 g/mol. The number of aliphatic hydroxyl groups is 8. The molecule has 38 heavy (non-hydrogen) atoms. The normalized spacial score (nSPS) is 47.7. The summed E-state index contributed by atoms with van der Waals surface area (Å²) in [6, 6.07) is -4.04. The molecule has 0 saturated carbocycles. The van der Waals surface area contributed by atoms with Crippen LogP contribution in [0.5, 0.6) is 0 Å². The van der Waals surface area contributed by atoms with E-state index < -0.39 is 118 Å². The van der Waals surface area contributed by atoms with Crippen molar-refractivity contribution in [3.63, 3.8) is 0 Å². The Morgan fingerprint density at radius 3 is 1.79 bits per heavy atom. The van der Waals surface area contributed by atoms with Crippen LogP contribution in [-0.4, -0.2) is 164 Å². The van der Waals surface area contributed by atoms with Gasteiger partial charge in [0.25, 0.3) is 0 Å². The number of aliphatic hydroxyl groups excluding tert-OH is 8. The molecule has 1 amide bonds. The topological polar surface area (TPSA) is 321 Å². The predicted molar refractivity (Wildman–Crippen MR) is 120 cm³/mol. The summed E-state index contributed by atoms with van der Waals surface area (Å²) in [5, 5.41) is 83.1. The highest BCUT2D eigenvalue weighted by atomic mass is 16.7. The highest BCUT2D eigenvalue weighted by Crippen LogP contribution is 2.31. The van der Waals surface area contributed by atoms with E-state index in [1.807, 2.05) is 0 Å². The van der Waals surface area contributed by atoms with Gasteiger partial charge in [-0.2, -0.15) is 0 Å². The van der Waals surface area contributed by atoms with Crippen LogP contribution in [0.25, 0.3) is 0 Å². The molecule has 15 N–H and O–H groups in total. The van der Waals surface area contributed by atoms with Crippen LogP contribution in [0.1, 0.15) is 6.92 Å². The Labute approximate surface area is 216 Å². The van der Waals surface area contributed by atoms with E-state index in [0.717, 1.165) is 6.92 Å². The lowest BCUT2D eigenvalue weighted by Gasteiger charge is -2.49. The zero-order chi connectivity index (χ0) is 27.6. The van der Waals surface area contributed by atoms with Crippen molar-refractivity contribution in [1.82, 2.24) is 5.32 Å². The van der Waals surface area contributed by atoms with Crippen LogP contribution >= 0.6 is 0 Å². The number of amides is 1. The highest BCUT2D eigenvalue weighted by Gasteiger charge is 2.53. The Kier molecular flexibility index (Phi) is 12.1. The van der Waals surface area contributed by atoms with Gasteiger partial charge in [-0.25, -0.2) is 0 Å². The minimum Gasteiger partial charge on any atom is -0.412 e. The summed E-state index contributed by atoms with van der Waals surface area (Å²) >= 11 is 0.